The molecule has 3 aliphatic rings. The fourth-order valence-electron chi connectivity index (χ4n) is 5.09. The summed E-state index contributed by atoms with van der Waals surface area (Å²) in [7, 11) is 1.97. The first-order valence-electron chi connectivity index (χ1n) is 9.70. The summed E-state index contributed by atoms with van der Waals surface area (Å²) in [4.78, 5) is 16.7. The van der Waals surface area contributed by atoms with E-state index in [1.165, 1.54) is 24.8 Å². The van der Waals surface area contributed by atoms with Crippen LogP contribution >= 0.6 is 0 Å². The Kier molecular flexibility index (Phi) is 4.82. The van der Waals surface area contributed by atoms with Crippen molar-refractivity contribution in [3.8, 4) is 0 Å². The molecule has 3 fully saturated rings. The Bertz CT molecular complexity index is 610. The van der Waals surface area contributed by atoms with Crippen LogP contribution in [0.15, 0.2) is 12.4 Å². The number of carbonyl (C=O) groups is 1. The van der Waals surface area contributed by atoms with Crippen LogP contribution in [0.2, 0.25) is 0 Å². The lowest BCUT2D eigenvalue weighted by atomic mass is 9.81. The van der Waals surface area contributed by atoms with E-state index in [4.69, 9.17) is 4.74 Å². The number of aromatic nitrogens is 2. The van der Waals surface area contributed by atoms with Crippen molar-refractivity contribution in [1.82, 2.24) is 19.6 Å². The second-order valence-electron chi connectivity index (χ2n) is 8.22. The van der Waals surface area contributed by atoms with Gasteiger partial charge in [-0.3, -0.25) is 14.4 Å². The highest BCUT2D eigenvalue weighted by Crippen LogP contribution is 2.49. The highest BCUT2D eigenvalue weighted by molar-refractivity contribution is 5.77. The smallest absolute Gasteiger partial charge is 0.248 e. The van der Waals surface area contributed by atoms with E-state index >= 15 is 0 Å². The maximum atomic E-state index is 12.2. The zero-order chi connectivity index (χ0) is 17.3. The molecular formula is C19H30N4O2. The van der Waals surface area contributed by atoms with Crippen molar-refractivity contribution in [3.05, 3.63) is 18.0 Å². The Labute approximate surface area is 150 Å². The molecule has 6 heteroatoms. The van der Waals surface area contributed by atoms with Gasteiger partial charge in [-0.2, -0.15) is 5.10 Å². The highest BCUT2D eigenvalue weighted by atomic mass is 16.5. The van der Waals surface area contributed by atoms with Gasteiger partial charge in [-0.1, -0.05) is 6.42 Å². The molecule has 0 spiro atoms. The van der Waals surface area contributed by atoms with E-state index in [2.05, 4.69) is 16.2 Å². The number of aryl methyl sites for hydroxylation is 1. The molecule has 1 amide bonds. The predicted octanol–water partition coefficient (Wildman–Crippen LogP) is 1.66. The maximum Gasteiger partial charge on any atom is 0.248 e. The van der Waals surface area contributed by atoms with Crippen LogP contribution in [0.3, 0.4) is 0 Å². The van der Waals surface area contributed by atoms with Crippen molar-refractivity contribution in [2.24, 2.45) is 18.4 Å². The number of hydrogen-bond donors (Lipinski definition) is 0. The Morgan fingerprint density at radius 3 is 2.96 bits per heavy atom. The van der Waals surface area contributed by atoms with Gasteiger partial charge in [-0.15, -0.1) is 0 Å². The van der Waals surface area contributed by atoms with Crippen molar-refractivity contribution in [2.75, 3.05) is 39.4 Å². The summed E-state index contributed by atoms with van der Waals surface area (Å²) in [6.45, 7) is 6.03. The number of rotatable bonds is 6. The van der Waals surface area contributed by atoms with Gasteiger partial charge < -0.3 is 9.64 Å². The minimum absolute atomic E-state index is 0.175. The van der Waals surface area contributed by atoms with E-state index < -0.39 is 0 Å². The Morgan fingerprint density at radius 2 is 2.20 bits per heavy atom. The first-order valence-corrected chi connectivity index (χ1v) is 9.70. The highest BCUT2D eigenvalue weighted by Gasteiger charge is 2.49. The number of carbonyl (C=O) groups excluding carboxylic acids is 1. The zero-order valence-corrected chi connectivity index (χ0v) is 15.3. The van der Waals surface area contributed by atoms with E-state index in [-0.39, 0.29) is 17.9 Å². The summed E-state index contributed by atoms with van der Waals surface area (Å²) < 4.78 is 7.83. The van der Waals surface area contributed by atoms with E-state index in [1.54, 1.807) is 0 Å². The van der Waals surface area contributed by atoms with Gasteiger partial charge in [-0.05, 0) is 31.6 Å². The SMILES string of the molecule is Cn1cc(CN2C[C@@H]3CCC[C@]3(COCC(=O)N3CCCC3)C2)cn1. The van der Waals surface area contributed by atoms with Gasteiger partial charge in [0.05, 0.1) is 12.8 Å². The van der Waals surface area contributed by atoms with Gasteiger partial charge in [-0.25, -0.2) is 0 Å². The molecule has 1 aromatic rings. The van der Waals surface area contributed by atoms with Gasteiger partial charge in [0, 0.05) is 56.9 Å². The molecule has 2 atom stereocenters. The minimum Gasteiger partial charge on any atom is -0.371 e. The van der Waals surface area contributed by atoms with Gasteiger partial charge in [0.15, 0.2) is 0 Å². The summed E-state index contributed by atoms with van der Waals surface area (Å²) >= 11 is 0. The van der Waals surface area contributed by atoms with Crippen molar-refractivity contribution >= 4 is 5.91 Å². The van der Waals surface area contributed by atoms with Crippen LogP contribution in [0, 0.1) is 11.3 Å². The molecular weight excluding hydrogens is 316 g/mol. The lowest BCUT2D eigenvalue weighted by Crippen LogP contribution is -2.36. The Morgan fingerprint density at radius 1 is 1.36 bits per heavy atom. The van der Waals surface area contributed by atoms with Crippen LogP contribution in [0.4, 0.5) is 0 Å². The fourth-order valence-corrected chi connectivity index (χ4v) is 5.09. The minimum atomic E-state index is 0.175. The molecule has 138 valence electrons. The second-order valence-corrected chi connectivity index (χ2v) is 8.22. The van der Waals surface area contributed by atoms with Crippen molar-refractivity contribution in [2.45, 2.75) is 38.6 Å². The van der Waals surface area contributed by atoms with Gasteiger partial charge in [0.1, 0.15) is 6.61 Å². The first-order chi connectivity index (χ1) is 12.1. The van der Waals surface area contributed by atoms with Crippen LogP contribution in [-0.4, -0.2) is 64.9 Å². The largest absolute Gasteiger partial charge is 0.371 e. The van der Waals surface area contributed by atoms with E-state index in [9.17, 15) is 4.79 Å². The third-order valence-corrected chi connectivity index (χ3v) is 6.35. The lowest BCUT2D eigenvalue weighted by Gasteiger charge is -2.29. The average molecular weight is 346 g/mol. The van der Waals surface area contributed by atoms with E-state index in [0.717, 1.165) is 52.2 Å². The quantitative estimate of drug-likeness (QED) is 0.786. The number of hydrogen-bond acceptors (Lipinski definition) is 4. The van der Waals surface area contributed by atoms with Crippen LogP contribution in [-0.2, 0) is 23.1 Å². The molecule has 0 unspecified atom stereocenters. The number of fused-ring (bicyclic) bond motifs is 1. The summed E-state index contributed by atoms with van der Waals surface area (Å²) in [5.41, 5.74) is 1.54. The monoisotopic (exact) mass is 346 g/mol. The molecule has 0 bridgehead atoms. The molecule has 4 rings (SSSR count). The molecule has 0 N–H and O–H groups in total. The number of amides is 1. The summed E-state index contributed by atoms with van der Waals surface area (Å²) in [5.74, 6) is 0.889. The third-order valence-electron chi connectivity index (χ3n) is 6.35. The number of likely N-dealkylation sites (tertiary alicyclic amines) is 2. The molecule has 6 nitrogen and oxygen atoms in total. The van der Waals surface area contributed by atoms with Crippen molar-refractivity contribution in [1.29, 1.82) is 0 Å². The molecule has 0 aromatic carbocycles. The number of ether oxygens (including phenoxy) is 1. The summed E-state index contributed by atoms with van der Waals surface area (Å²) in [5, 5.41) is 4.28. The van der Waals surface area contributed by atoms with Crippen molar-refractivity contribution < 1.29 is 9.53 Å². The van der Waals surface area contributed by atoms with Crippen LogP contribution < -0.4 is 0 Å². The normalized spacial score (nSPS) is 29.5. The average Bonchev–Trinajstić information content (AvgIpc) is 3.32. The molecule has 25 heavy (non-hydrogen) atoms. The van der Waals surface area contributed by atoms with Gasteiger partial charge >= 0.3 is 0 Å². The molecule has 3 heterocycles. The van der Waals surface area contributed by atoms with E-state index in [0.29, 0.717) is 5.92 Å². The summed E-state index contributed by atoms with van der Waals surface area (Å²) in [6, 6.07) is 0. The van der Waals surface area contributed by atoms with Gasteiger partial charge in [0.2, 0.25) is 5.91 Å². The zero-order valence-electron chi connectivity index (χ0n) is 15.3. The lowest BCUT2D eigenvalue weighted by molar-refractivity contribution is -0.136. The predicted molar refractivity (Wildman–Crippen MR) is 94.9 cm³/mol. The van der Waals surface area contributed by atoms with Crippen molar-refractivity contribution in [3.63, 3.8) is 0 Å². The standard InChI is InChI=1S/C19H30N4O2/c1-21-10-16(9-20-21)11-22-12-17-5-4-6-19(17,14-22)15-25-13-18(24)23-7-2-3-8-23/h9-10,17H,2-8,11-15H2,1H3/t17-,19+/m0/s1. The molecule has 1 aromatic heterocycles. The molecule has 0 radical (unpaired) electrons. The number of nitrogens with zero attached hydrogens (tertiary/aromatic N) is 4. The first kappa shape index (κ1) is 17.0. The van der Waals surface area contributed by atoms with Crippen LogP contribution in [0.5, 0.6) is 0 Å². The Hall–Kier alpha value is -1.40. The van der Waals surface area contributed by atoms with Crippen LogP contribution in [0.1, 0.15) is 37.7 Å². The second kappa shape index (κ2) is 7.08. The molecule has 1 saturated carbocycles. The molecule has 1 aliphatic carbocycles. The van der Waals surface area contributed by atoms with Crippen LogP contribution in [0.25, 0.3) is 0 Å². The Balaban J connectivity index is 1.30. The maximum absolute atomic E-state index is 12.2. The molecule has 2 aliphatic heterocycles. The fraction of sp³-hybridized carbons (Fsp3) is 0.789. The molecule has 2 saturated heterocycles. The third kappa shape index (κ3) is 3.60. The summed E-state index contributed by atoms with van der Waals surface area (Å²) in [6.07, 6.45) is 10.2. The van der Waals surface area contributed by atoms with Gasteiger partial charge in [0.25, 0.3) is 0 Å². The van der Waals surface area contributed by atoms with E-state index in [1.807, 2.05) is 22.8 Å². The topological polar surface area (TPSA) is 50.6 Å².